The molecule has 7 heteroatoms. The normalized spacial score (nSPS) is 11.9. The maximum atomic E-state index is 13.2. The van der Waals surface area contributed by atoms with Gasteiger partial charge in [-0.15, -0.1) is 0 Å². The fourth-order valence-corrected chi connectivity index (χ4v) is 3.10. The van der Waals surface area contributed by atoms with Gasteiger partial charge >= 0.3 is 0 Å². The van der Waals surface area contributed by atoms with Crippen molar-refractivity contribution in [3.8, 4) is 5.75 Å². The van der Waals surface area contributed by atoms with Gasteiger partial charge in [0, 0.05) is 17.6 Å². The molecule has 30 heavy (non-hydrogen) atoms. The molecule has 2 rings (SSSR count). The van der Waals surface area contributed by atoms with E-state index in [-0.39, 0.29) is 36.8 Å². The van der Waals surface area contributed by atoms with Gasteiger partial charge in [-0.2, -0.15) is 0 Å². The van der Waals surface area contributed by atoms with E-state index in [1.807, 2.05) is 27.7 Å². The third-order valence-electron chi connectivity index (χ3n) is 4.64. The maximum Gasteiger partial charge on any atom is 0.261 e. The number of halogens is 2. The first-order chi connectivity index (χ1) is 14.1. The third-order valence-corrected chi connectivity index (χ3v) is 5.23. The summed E-state index contributed by atoms with van der Waals surface area (Å²) in [7, 11) is 0. The van der Waals surface area contributed by atoms with Crippen molar-refractivity contribution >= 4 is 23.4 Å². The van der Waals surface area contributed by atoms with Crippen LogP contribution in [-0.2, 0) is 16.1 Å². The lowest BCUT2D eigenvalue weighted by Crippen LogP contribution is -2.50. The number of carbonyl (C=O) groups is 2. The number of nitrogens with one attached hydrogen (secondary N) is 1. The minimum atomic E-state index is -0.720. The average molecular weight is 435 g/mol. The van der Waals surface area contributed by atoms with E-state index in [2.05, 4.69) is 5.32 Å². The molecular formula is C23H28ClFN2O3. The molecule has 1 N–H and O–H groups in total. The quantitative estimate of drug-likeness (QED) is 0.669. The van der Waals surface area contributed by atoms with Gasteiger partial charge in [-0.05, 0) is 75.6 Å². The Morgan fingerprint density at radius 3 is 2.20 bits per heavy atom. The number of hydrogen-bond acceptors (Lipinski definition) is 3. The molecule has 2 aromatic rings. The van der Waals surface area contributed by atoms with Crippen molar-refractivity contribution in [2.45, 2.75) is 53.2 Å². The Hall–Kier alpha value is -2.60. The van der Waals surface area contributed by atoms with Gasteiger partial charge in [0.05, 0.1) is 0 Å². The molecule has 0 radical (unpaired) electrons. The highest BCUT2D eigenvalue weighted by atomic mass is 35.5. The van der Waals surface area contributed by atoms with Gasteiger partial charge in [-0.1, -0.05) is 23.7 Å². The van der Waals surface area contributed by atoms with Crippen molar-refractivity contribution in [2.24, 2.45) is 0 Å². The van der Waals surface area contributed by atoms with E-state index >= 15 is 0 Å². The Morgan fingerprint density at radius 2 is 1.67 bits per heavy atom. The first-order valence-electron chi connectivity index (χ1n) is 9.82. The molecule has 0 bridgehead atoms. The summed E-state index contributed by atoms with van der Waals surface area (Å²) >= 11 is 6.18. The van der Waals surface area contributed by atoms with E-state index in [0.29, 0.717) is 16.3 Å². The van der Waals surface area contributed by atoms with Crippen molar-refractivity contribution < 1.29 is 18.7 Å². The molecule has 2 aromatic carbocycles. The van der Waals surface area contributed by atoms with Crippen molar-refractivity contribution in [1.29, 1.82) is 0 Å². The highest BCUT2D eigenvalue weighted by Crippen LogP contribution is 2.26. The van der Waals surface area contributed by atoms with Gasteiger partial charge < -0.3 is 15.0 Å². The molecule has 0 aliphatic rings. The number of ether oxygens (including phenoxy) is 1. The van der Waals surface area contributed by atoms with Crippen LogP contribution in [0.2, 0.25) is 5.02 Å². The maximum absolute atomic E-state index is 13.2. The van der Waals surface area contributed by atoms with Crippen LogP contribution in [0, 0.1) is 19.7 Å². The molecule has 0 saturated heterocycles. The smallest absolute Gasteiger partial charge is 0.261 e. The molecular weight excluding hydrogens is 407 g/mol. The number of nitrogens with zero attached hydrogens (tertiary/aromatic N) is 1. The number of amides is 2. The molecule has 0 aromatic heterocycles. The second-order valence-electron chi connectivity index (χ2n) is 7.65. The van der Waals surface area contributed by atoms with Crippen LogP contribution in [0.4, 0.5) is 4.39 Å². The lowest BCUT2D eigenvalue weighted by atomic mass is 10.1. The SMILES string of the molecule is Cc1cc(OCC(=O)N(Cc2ccc(F)cc2)[C@H](C)C(=O)NC(C)C)cc(C)c1Cl. The first-order valence-corrected chi connectivity index (χ1v) is 10.2. The summed E-state index contributed by atoms with van der Waals surface area (Å²) in [6.45, 7) is 9.02. The number of aryl methyl sites for hydroxylation is 2. The molecule has 0 unspecified atom stereocenters. The summed E-state index contributed by atoms with van der Waals surface area (Å²) < 4.78 is 18.9. The van der Waals surface area contributed by atoms with Gasteiger partial charge in [-0.25, -0.2) is 4.39 Å². The standard InChI is InChI=1S/C23H28ClFN2O3/c1-14(2)26-23(29)17(5)27(12-18-6-8-19(25)9-7-18)21(28)13-30-20-10-15(3)22(24)16(4)11-20/h6-11,14,17H,12-13H2,1-5H3,(H,26,29)/t17-/m1/s1. The van der Waals surface area contributed by atoms with Crippen molar-refractivity contribution in [3.63, 3.8) is 0 Å². The molecule has 0 fully saturated rings. The Kier molecular flexibility index (Phi) is 8.24. The summed E-state index contributed by atoms with van der Waals surface area (Å²) in [5.41, 5.74) is 2.42. The summed E-state index contributed by atoms with van der Waals surface area (Å²) in [5.74, 6) is -0.447. The van der Waals surface area contributed by atoms with Gasteiger partial charge in [-0.3, -0.25) is 9.59 Å². The highest BCUT2D eigenvalue weighted by molar-refractivity contribution is 6.32. The lowest BCUT2D eigenvalue weighted by Gasteiger charge is -2.29. The Bertz CT molecular complexity index is 877. The third kappa shape index (κ3) is 6.46. The number of carbonyl (C=O) groups excluding carboxylic acids is 2. The fraction of sp³-hybridized carbons (Fsp3) is 0.391. The van der Waals surface area contributed by atoms with Crippen molar-refractivity contribution in [2.75, 3.05) is 6.61 Å². The fourth-order valence-electron chi connectivity index (χ4n) is 2.99. The van der Waals surface area contributed by atoms with E-state index in [0.717, 1.165) is 11.1 Å². The lowest BCUT2D eigenvalue weighted by molar-refractivity contribution is -0.142. The summed E-state index contributed by atoms with van der Waals surface area (Å²) in [6.07, 6.45) is 0. The topological polar surface area (TPSA) is 58.6 Å². The molecule has 5 nitrogen and oxygen atoms in total. The van der Waals surface area contributed by atoms with Gasteiger partial charge in [0.15, 0.2) is 6.61 Å². The second-order valence-corrected chi connectivity index (χ2v) is 8.03. The highest BCUT2D eigenvalue weighted by Gasteiger charge is 2.27. The second kappa shape index (κ2) is 10.4. The van der Waals surface area contributed by atoms with Gasteiger partial charge in [0.25, 0.3) is 5.91 Å². The van der Waals surface area contributed by atoms with Crippen LogP contribution in [0.3, 0.4) is 0 Å². The van der Waals surface area contributed by atoms with Crippen molar-refractivity contribution in [3.05, 3.63) is 63.9 Å². The molecule has 0 heterocycles. The van der Waals surface area contributed by atoms with E-state index in [4.69, 9.17) is 16.3 Å². The number of rotatable bonds is 8. The predicted molar refractivity (Wildman–Crippen MR) is 116 cm³/mol. The minimum Gasteiger partial charge on any atom is -0.484 e. The molecule has 0 spiro atoms. The Labute approximate surface area is 182 Å². The molecule has 1 atom stereocenters. The van der Waals surface area contributed by atoms with Crippen LogP contribution in [0.1, 0.15) is 37.5 Å². The van der Waals surface area contributed by atoms with Crippen LogP contribution in [0.5, 0.6) is 5.75 Å². The molecule has 162 valence electrons. The van der Waals surface area contributed by atoms with Crippen molar-refractivity contribution in [1.82, 2.24) is 10.2 Å². The first kappa shape index (κ1) is 23.7. The average Bonchev–Trinajstić information content (AvgIpc) is 2.68. The zero-order chi connectivity index (χ0) is 22.4. The van der Waals surface area contributed by atoms with Crippen LogP contribution in [0.25, 0.3) is 0 Å². The molecule has 0 aliphatic carbocycles. The van der Waals surface area contributed by atoms with E-state index < -0.39 is 6.04 Å². The largest absolute Gasteiger partial charge is 0.484 e. The Balaban J connectivity index is 2.18. The van der Waals surface area contributed by atoms with E-state index in [1.165, 1.54) is 17.0 Å². The zero-order valence-corrected chi connectivity index (χ0v) is 18.7. The van der Waals surface area contributed by atoms with E-state index in [1.54, 1.807) is 31.2 Å². The number of hydrogen-bond donors (Lipinski definition) is 1. The molecule has 0 saturated carbocycles. The number of benzene rings is 2. The predicted octanol–water partition coefficient (Wildman–Crippen LogP) is 4.42. The Morgan fingerprint density at radius 1 is 1.10 bits per heavy atom. The monoisotopic (exact) mass is 434 g/mol. The summed E-state index contributed by atoms with van der Waals surface area (Å²) in [5, 5.41) is 3.48. The minimum absolute atomic E-state index is 0.0565. The van der Waals surface area contributed by atoms with Gasteiger partial charge in [0.2, 0.25) is 5.91 Å². The zero-order valence-electron chi connectivity index (χ0n) is 18.0. The van der Waals surface area contributed by atoms with Gasteiger partial charge in [0.1, 0.15) is 17.6 Å². The van der Waals surface area contributed by atoms with Crippen LogP contribution in [0.15, 0.2) is 36.4 Å². The van der Waals surface area contributed by atoms with Crippen LogP contribution >= 0.6 is 11.6 Å². The molecule has 2 amide bonds. The summed E-state index contributed by atoms with van der Waals surface area (Å²) in [4.78, 5) is 26.9. The molecule has 0 aliphatic heterocycles. The van der Waals surface area contributed by atoms with Crippen LogP contribution < -0.4 is 10.1 Å². The van der Waals surface area contributed by atoms with E-state index in [9.17, 15) is 14.0 Å². The summed E-state index contributed by atoms with van der Waals surface area (Å²) in [6, 6.07) is 8.59. The van der Waals surface area contributed by atoms with Crippen LogP contribution in [-0.4, -0.2) is 35.4 Å².